The van der Waals surface area contributed by atoms with E-state index in [1.54, 1.807) is 0 Å². The van der Waals surface area contributed by atoms with Gasteiger partial charge in [-0.05, 0) is 19.3 Å². The molecule has 5 nitrogen and oxygen atoms in total. The van der Waals surface area contributed by atoms with E-state index in [2.05, 4.69) is 9.97 Å². The third-order valence-corrected chi connectivity index (χ3v) is 2.75. The molecule has 2 heterocycles. The Labute approximate surface area is 93.5 Å². The molecule has 0 saturated carbocycles. The zero-order valence-electron chi connectivity index (χ0n) is 9.32. The molecular formula is C11H16N2O3. The molecule has 16 heavy (non-hydrogen) atoms. The van der Waals surface area contributed by atoms with Crippen LogP contribution in [-0.2, 0) is 11.2 Å². The summed E-state index contributed by atoms with van der Waals surface area (Å²) in [7, 11) is 0. The number of H-pyrrole nitrogens is 1. The molecule has 88 valence electrons. The van der Waals surface area contributed by atoms with Gasteiger partial charge in [0, 0.05) is 6.61 Å². The van der Waals surface area contributed by atoms with E-state index in [1.165, 1.54) is 0 Å². The summed E-state index contributed by atoms with van der Waals surface area (Å²) in [6, 6.07) is 0. The van der Waals surface area contributed by atoms with Crippen molar-refractivity contribution in [1.29, 1.82) is 0 Å². The highest BCUT2D eigenvalue weighted by Gasteiger charge is 2.22. The average molecular weight is 224 g/mol. The molecule has 1 fully saturated rings. The van der Waals surface area contributed by atoms with Crippen LogP contribution in [0.5, 0.6) is 5.88 Å². The molecule has 1 aliphatic rings. The van der Waals surface area contributed by atoms with Crippen molar-refractivity contribution < 1.29 is 9.84 Å². The monoisotopic (exact) mass is 224 g/mol. The van der Waals surface area contributed by atoms with Gasteiger partial charge in [-0.15, -0.1) is 0 Å². The van der Waals surface area contributed by atoms with E-state index in [0.29, 0.717) is 24.4 Å². The van der Waals surface area contributed by atoms with E-state index in [-0.39, 0.29) is 17.5 Å². The van der Waals surface area contributed by atoms with Gasteiger partial charge < -0.3 is 14.8 Å². The van der Waals surface area contributed by atoms with Gasteiger partial charge in [-0.1, -0.05) is 13.3 Å². The van der Waals surface area contributed by atoms with Gasteiger partial charge in [-0.2, -0.15) is 4.98 Å². The number of hydrogen-bond acceptors (Lipinski definition) is 4. The van der Waals surface area contributed by atoms with Gasteiger partial charge in [0.25, 0.3) is 5.56 Å². The average Bonchev–Trinajstić information content (AvgIpc) is 2.76. The third-order valence-electron chi connectivity index (χ3n) is 2.75. The number of nitrogens with one attached hydrogen (secondary N) is 1. The Morgan fingerprint density at radius 3 is 3.00 bits per heavy atom. The molecule has 0 amide bonds. The minimum atomic E-state index is -0.250. The molecule has 5 heteroatoms. The van der Waals surface area contributed by atoms with Crippen LogP contribution in [0.2, 0.25) is 0 Å². The van der Waals surface area contributed by atoms with Gasteiger partial charge in [-0.3, -0.25) is 4.79 Å². The standard InChI is InChI=1S/C11H16N2O3/c1-2-4-7-10(14)12-9(13-11(7)15)8-5-3-6-16-8/h8H,2-6H2,1H3,(H2,12,13,14,15). The SMILES string of the molecule is CCCc1c(O)nc(C2CCCO2)[nH]c1=O. The lowest BCUT2D eigenvalue weighted by Crippen LogP contribution is -2.18. The zero-order chi connectivity index (χ0) is 11.5. The summed E-state index contributed by atoms with van der Waals surface area (Å²) in [5.74, 6) is 0.288. The minimum Gasteiger partial charge on any atom is -0.493 e. The van der Waals surface area contributed by atoms with Gasteiger partial charge in [0.05, 0.1) is 5.56 Å². The minimum absolute atomic E-state index is 0.156. The molecule has 1 aliphatic heterocycles. The Balaban J connectivity index is 2.32. The molecule has 0 aromatic carbocycles. The summed E-state index contributed by atoms with van der Waals surface area (Å²) in [4.78, 5) is 18.4. The van der Waals surface area contributed by atoms with E-state index in [1.807, 2.05) is 6.92 Å². The molecule has 1 aromatic heterocycles. The maximum Gasteiger partial charge on any atom is 0.258 e. The molecular weight excluding hydrogens is 208 g/mol. The molecule has 1 atom stereocenters. The summed E-state index contributed by atoms with van der Waals surface area (Å²) < 4.78 is 5.41. The first-order chi connectivity index (χ1) is 7.72. The zero-order valence-corrected chi connectivity index (χ0v) is 9.32. The lowest BCUT2D eigenvalue weighted by Gasteiger charge is -2.10. The van der Waals surface area contributed by atoms with Crippen LogP contribution in [0.4, 0.5) is 0 Å². The Kier molecular flexibility index (Phi) is 3.24. The van der Waals surface area contributed by atoms with Crippen LogP contribution in [-0.4, -0.2) is 21.7 Å². The number of aromatic amines is 1. The second kappa shape index (κ2) is 4.65. The molecule has 2 rings (SSSR count). The Morgan fingerprint density at radius 1 is 1.62 bits per heavy atom. The molecule has 1 aromatic rings. The Bertz CT molecular complexity index is 422. The quantitative estimate of drug-likeness (QED) is 0.811. The number of rotatable bonds is 3. The first-order valence-electron chi connectivity index (χ1n) is 5.66. The van der Waals surface area contributed by atoms with Crippen molar-refractivity contribution in [3.8, 4) is 5.88 Å². The van der Waals surface area contributed by atoms with Crippen LogP contribution in [0.1, 0.15) is 43.7 Å². The van der Waals surface area contributed by atoms with Crippen molar-refractivity contribution in [3.05, 3.63) is 21.7 Å². The summed E-state index contributed by atoms with van der Waals surface area (Å²) in [5, 5.41) is 9.68. The summed E-state index contributed by atoms with van der Waals surface area (Å²) in [6.45, 7) is 2.64. The molecule has 1 saturated heterocycles. The van der Waals surface area contributed by atoms with Crippen LogP contribution in [0.3, 0.4) is 0 Å². The number of nitrogens with zero attached hydrogens (tertiary/aromatic N) is 1. The summed E-state index contributed by atoms with van der Waals surface area (Å²) >= 11 is 0. The van der Waals surface area contributed by atoms with Crippen LogP contribution < -0.4 is 5.56 Å². The number of ether oxygens (including phenoxy) is 1. The van der Waals surface area contributed by atoms with Crippen LogP contribution in [0, 0.1) is 0 Å². The summed E-state index contributed by atoms with van der Waals surface area (Å²) in [5.41, 5.74) is 0.115. The number of aromatic hydroxyl groups is 1. The van der Waals surface area contributed by atoms with Crippen molar-refractivity contribution in [2.24, 2.45) is 0 Å². The van der Waals surface area contributed by atoms with Crippen LogP contribution in [0.25, 0.3) is 0 Å². The Hall–Kier alpha value is -1.36. The van der Waals surface area contributed by atoms with Gasteiger partial charge in [0.2, 0.25) is 5.88 Å². The topological polar surface area (TPSA) is 75.2 Å². The number of hydrogen-bond donors (Lipinski definition) is 2. The van der Waals surface area contributed by atoms with Crippen LogP contribution >= 0.6 is 0 Å². The van der Waals surface area contributed by atoms with Crippen molar-refractivity contribution in [1.82, 2.24) is 9.97 Å². The highest BCUT2D eigenvalue weighted by Crippen LogP contribution is 2.26. The normalized spacial score (nSPS) is 20.2. The van der Waals surface area contributed by atoms with E-state index in [4.69, 9.17) is 4.74 Å². The second-order valence-electron chi connectivity index (χ2n) is 4.00. The first-order valence-corrected chi connectivity index (χ1v) is 5.66. The predicted molar refractivity (Wildman–Crippen MR) is 58.4 cm³/mol. The maximum absolute atomic E-state index is 11.7. The highest BCUT2D eigenvalue weighted by molar-refractivity contribution is 5.23. The molecule has 0 radical (unpaired) electrons. The molecule has 0 bridgehead atoms. The molecule has 1 unspecified atom stereocenters. The van der Waals surface area contributed by atoms with Crippen molar-refractivity contribution >= 4 is 0 Å². The van der Waals surface area contributed by atoms with Crippen molar-refractivity contribution in [2.75, 3.05) is 6.61 Å². The largest absolute Gasteiger partial charge is 0.493 e. The van der Waals surface area contributed by atoms with E-state index >= 15 is 0 Å². The fourth-order valence-electron chi connectivity index (χ4n) is 1.92. The maximum atomic E-state index is 11.7. The van der Waals surface area contributed by atoms with E-state index < -0.39 is 0 Å². The Morgan fingerprint density at radius 2 is 2.44 bits per heavy atom. The smallest absolute Gasteiger partial charge is 0.258 e. The highest BCUT2D eigenvalue weighted by atomic mass is 16.5. The third kappa shape index (κ3) is 2.09. The van der Waals surface area contributed by atoms with Crippen LogP contribution in [0.15, 0.2) is 4.79 Å². The van der Waals surface area contributed by atoms with Gasteiger partial charge in [0.15, 0.2) is 0 Å². The van der Waals surface area contributed by atoms with E-state index in [9.17, 15) is 9.90 Å². The van der Waals surface area contributed by atoms with Gasteiger partial charge in [0.1, 0.15) is 11.9 Å². The summed E-state index contributed by atoms with van der Waals surface area (Å²) in [6.07, 6.45) is 2.98. The van der Waals surface area contributed by atoms with Gasteiger partial charge in [-0.25, -0.2) is 0 Å². The lowest BCUT2D eigenvalue weighted by molar-refractivity contribution is 0.104. The molecule has 2 N–H and O–H groups in total. The molecule has 0 aliphatic carbocycles. The fourth-order valence-corrected chi connectivity index (χ4v) is 1.92. The van der Waals surface area contributed by atoms with Gasteiger partial charge >= 0.3 is 0 Å². The predicted octanol–water partition coefficient (Wildman–Crippen LogP) is 1.28. The fraction of sp³-hybridized carbons (Fsp3) is 0.636. The molecule has 0 spiro atoms. The second-order valence-corrected chi connectivity index (χ2v) is 4.00. The lowest BCUT2D eigenvalue weighted by atomic mass is 10.2. The van der Waals surface area contributed by atoms with E-state index in [0.717, 1.165) is 19.3 Å². The van der Waals surface area contributed by atoms with Crippen molar-refractivity contribution in [2.45, 2.75) is 38.7 Å². The first kappa shape index (κ1) is 11.1. The number of aromatic nitrogens is 2. The van der Waals surface area contributed by atoms with Crippen molar-refractivity contribution in [3.63, 3.8) is 0 Å².